The lowest BCUT2D eigenvalue weighted by Gasteiger charge is -2.27. The molecule has 0 N–H and O–H groups in total. The summed E-state index contributed by atoms with van der Waals surface area (Å²) in [5.74, 6) is 0.976. The molecule has 1 aliphatic rings. The Hall–Kier alpha value is -1.06. The Kier molecular flexibility index (Phi) is 2.58. The predicted octanol–water partition coefficient (Wildman–Crippen LogP) is 3.36. The van der Waals surface area contributed by atoms with Crippen LogP contribution in [0.2, 0.25) is 5.15 Å². The van der Waals surface area contributed by atoms with E-state index in [-0.39, 0.29) is 0 Å². The van der Waals surface area contributed by atoms with Crippen LogP contribution in [0.3, 0.4) is 0 Å². The number of aromatic nitrogens is 1. The van der Waals surface area contributed by atoms with Crippen LogP contribution in [-0.4, -0.2) is 11.5 Å². The lowest BCUT2D eigenvalue weighted by Crippen LogP contribution is -2.30. The fraction of sp³-hybridized carbons (Fsp3) is 0.250. The van der Waals surface area contributed by atoms with Gasteiger partial charge in [-0.2, -0.15) is 0 Å². The highest BCUT2D eigenvalue weighted by molar-refractivity contribution is 7.10. The number of thiophene rings is 1. The number of anilines is 1. The van der Waals surface area contributed by atoms with Gasteiger partial charge >= 0.3 is 0 Å². The maximum atomic E-state index is 5.91. The maximum absolute atomic E-state index is 5.91. The summed E-state index contributed by atoms with van der Waals surface area (Å²) in [4.78, 5) is 8.14. The van der Waals surface area contributed by atoms with Crippen molar-refractivity contribution >= 4 is 28.8 Å². The van der Waals surface area contributed by atoms with Crippen LogP contribution in [0.4, 0.5) is 5.82 Å². The summed E-state index contributed by atoms with van der Waals surface area (Å²) >= 11 is 7.76. The van der Waals surface area contributed by atoms with Crippen molar-refractivity contribution in [2.75, 3.05) is 11.4 Å². The molecule has 2 aromatic rings. The molecule has 0 unspecified atom stereocenters. The molecule has 0 radical (unpaired) electrons. The van der Waals surface area contributed by atoms with Crippen LogP contribution in [0.15, 0.2) is 29.6 Å². The van der Waals surface area contributed by atoms with Gasteiger partial charge in [0.25, 0.3) is 0 Å². The minimum atomic E-state index is 0.564. The first kappa shape index (κ1) is 10.1. The number of fused-ring (bicyclic) bond motifs is 1. The van der Waals surface area contributed by atoms with Crippen LogP contribution in [0.25, 0.3) is 0 Å². The topological polar surface area (TPSA) is 16.1 Å². The Bertz CT molecular complexity index is 509. The van der Waals surface area contributed by atoms with E-state index in [4.69, 9.17) is 11.6 Å². The van der Waals surface area contributed by atoms with Crippen molar-refractivity contribution in [3.8, 4) is 0 Å². The molecule has 3 rings (SSSR count). The second kappa shape index (κ2) is 4.07. The Morgan fingerprint density at radius 2 is 2.25 bits per heavy atom. The molecule has 0 aliphatic carbocycles. The molecule has 0 fully saturated rings. The van der Waals surface area contributed by atoms with Crippen molar-refractivity contribution in [1.82, 2.24) is 4.98 Å². The van der Waals surface area contributed by atoms with Gasteiger partial charge in [-0.25, -0.2) is 4.98 Å². The van der Waals surface area contributed by atoms with Gasteiger partial charge < -0.3 is 4.90 Å². The average molecular weight is 251 g/mol. The molecule has 0 aromatic carbocycles. The van der Waals surface area contributed by atoms with Crippen molar-refractivity contribution in [2.45, 2.75) is 13.0 Å². The highest BCUT2D eigenvalue weighted by Gasteiger charge is 2.18. The molecule has 0 bridgehead atoms. The van der Waals surface area contributed by atoms with Gasteiger partial charge in [-0.3, -0.25) is 0 Å². The van der Waals surface area contributed by atoms with Crippen LogP contribution < -0.4 is 4.90 Å². The molecule has 16 heavy (non-hydrogen) atoms. The summed E-state index contributed by atoms with van der Waals surface area (Å²) in [6.07, 6.45) is 1.11. The zero-order valence-electron chi connectivity index (χ0n) is 8.69. The minimum absolute atomic E-state index is 0.564. The Balaban J connectivity index is 1.88. The van der Waals surface area contributed by atoms with Crippen molar-refractivity contribution in [2.24, 2.45) is 0 Å². The monoisotopic (exact) mass is 250 g/mol. The normalized spacial score (nSPS) is 14.9. The number of hydrogen-bond donors (Lipinski definition) is 0. The van der Waals surface area contributed by atoms with Gasteiger partial charge in [0.15, 0.2) is 0 Å². The minimum Gasteiger partial charge on any atom is -0.352 e. The van der Waals surface area contributed by atoms with Gasteiger partial charge in [0, 0.05) is 18.0 Å². The second-order valence-electron chi connectivity index (χ2n) is 3.86. The van der Waals surface area contributed by atoms with Gasteiger partial charge in [-0.15, -0.1) is 11.3 Å². The van der Waals surface area contributed by atoms with E-state index >= 15 is 0 Å². The molecule has 0 atom stereocenters. The maximum Gasteiger partial charge on any atom is 0.131 e. The molecule has 3 heterocycles. The molecular formula is C12H11ClN2S. The van der Waals surface area contributed by atoms with Gasteiger partial charge in [-0.1, -0.05) is 17.7 Å². The van der Waals surface area contributed by atoms with Crippen molar-refractivity contribution in [1.29, 1.82) is 0 Å². The Labute approximate surface area is 104 Å². The first-order valence-electron chi connectivity index (χ1n) is 5.26. The molecule has 82 valence electrons. The summed E-state index contributed by atoms with van der Waals surface area (Å²) in [7, 11) is 0. The molecule has 0 amide bonds. The fourth-order valence-corrected chi connectivity index (χ4v) is 3.07. The van der Waals surface area contributed by atoms with E-state index in [1.165, 1.54) is 10.4 Å². The molecule has 0 spiro atoms. The first-order chi connectivity index (χ1) is 7.83. The second-order valence-corrected chi connectivity index (χ2v) is 5.25. The van der Waals surface area contributed by atoms with E-state index < -0.39 is 0 Å². The van der Waals surface area contributed by atoms with Crippen molar-refractivity contribution < 1.29 is 0 Å². The Morgan fingerprint density at radius 3 is 3.12 bits per heavy atom. The van der Waals surface area contributed by atoms with Crippen LogP contribution in [-0.2, 0) is 13.0 Å². The van der Waals surface area contributed by atoms with Crippen LogP contribution in [0, 0.1) is 0 Å². The van der Waals surface area contributed by atoms with Crippen LogP contribution >= 0.6 is 22.9 Å². The third-order valence-corrected chi connectivity index (χ3v) is 4.07. The molecule has 4 heteroatoms. The van der Waals surface area contributed by atoms with Crippen molar-refractivity contribution in [3.05, 3.63) is 45.2 Å². The standard InChI is InChI=1S/C12H11ClN2S/c13-11-2-1-3-12(14-11)15-6-4-10-9(8-15)5-7-16-10/h1-3,5,7H,4,6,8H2. The van der Waals surface area contributed by atoms with E-state index in [1.807, 2.05) is 29.5 Å². The zero-order valence-corrected chi connectivity index (χ0v) is 10.3. The number of pyridine rings is 1. The number of hydrogen-bond acceptors (Lipinski definition) is 3. The van der Waals surface area contributed by atoms with E-state index in [0.717, 1.165) is 25.3 Å². The van der Waals surface area contributed by atoms with Gasteiger partial charge in [0.05, 0.1) is 0 Å². The summed E-state index contributed by atoms with van der Waals surface area (Å²) in [6, 6.07) is 7.98. The van der Waals surface area contributed by atoms with Gasteiger partial charge in [0.2, 0.25) is 0 Å². The van der Waals surface area contributed by atoms with Gasteiger partial charge in [0.1, 0.15) is 11.0 Å². The fourth-order valence-electron chi connectivity index (χ4n) is 2.02. The quantitative estimate of drug-likeness (QED) is 0.722. The molecular weight excluding hydrogens is 240 g/mol. The van der Waals surface area contributed by atoms with E-state index in [1.54, 1.807) is 0 Å². The molecule has 0 saturated heterocycles. The number of halogens is 1. The third kappa shape index (κ3) is 1.81. The molecule has 1 aliphatic heterocycles. The average Bonchev–Trinajstić information content (AvgIpc) is 2.75. The summed E-state index contributed by atoms with van der Waals surface area (Å²) in [6.45, 7) is 1.98. The number of nitrogens with zero attached hydrogens (tertiary/aromatic N) is 2. The van der Waals surface area contributed by atoms with Crippen LogP contribution in [0.5, 0.6) is 0 Å². The van der Waals surface area contributed by atoms with Crippen LogP contribution in [0.1, 0.15) is 10.4 Å². The van der Waals surface area contributed by atoms with E-state index in [9.17, 15) is 0 Å². The smallest absolute Gasteiger partial charge is 0.131 e. The Morgan fingerprint density at radius 1 is 1.31 bits per heavy atom. The third-order valence-electron chi connectivity index (χ3n) is 2.83. The van der Waals surface area contributed by atoms with Gasteiger partial charge in [-0.05, 0) is 35.6 Å². The highest BCUT2D eigenvalue weighted by Crippen LogP contribution is 2.27. The number of rotatable bonds is 1. The first-order valence-corrected chi connectivity index (χ1v) is 6.51. The predicted molar refractivity (Wildman–Crippen MR) is 68.3 cm³/mol. The van der Waals surface area contributed by atoms with E-state index in [2.05, 4.69) is 21.3 Å². The molecule has 0 saturated carbocycles. The van der Waals surface area contributed by atoms with E-state index in [0.29, 0.717) is 5.15 Å². The largest absolute Gasteiger partial charge is 0.352 e. The summed E-state index contributed by atoms with van der Waals surface area (Å²) < 4.78 is 0. The zero-order chi connectivity index (χ0) is 11.0. The lowest BCUT2D eigenvalue weighted by molar-refractivity contribution is 0.732. The molecule has 2 aromatic heterocycles. The molecule has 2 nitrogen and oxygen atoms in total. The lowest BCUT2D eigenvalue weighted by atomic mass is 10.1. The summed E-state index contributed by atoms with van der Waals surface area (Å²) in [5.41, 5.74) is 1.43. The van der Waals surface area contributed by atoms with Crippen molar-refractivity contribution in [3.63, 3.8) is 0 Å². The summed E-state index contributed by atoms with van der Waals surface area (Å²) in [5, 5.41) is 2.73. The SMILES string of the molecule is Clc1cccc(N2CCc3sccc3C2)n1. The highest BCUT2D eigenvalue weighted by atomic mass is 35.5.